The number of hydrogen-bond donors (Lipinski definition) is 0. The number of benzene rings is 1. The van der Waals surface area contributed by atoms with Crippen LogP contribution in [0.5, 0.6) is 0 Å². The molecule has 6 heteroatoms. The molecule has 0 unspecified atom stereocenters. The zero-order chi connectivity index (χ0) is 11.8. The molecule has 0 aliphatic carbocycles. The molecule has 17 heavy (non-hydrogen) atoms. The summed E-state index contributed by atoms with van der Waals surface area (Å²) in [7, 11) is 7.56. The first-order chi connectivity index (χ1) is 8.29. The molecule has 2 bridgehead atoms. The fraction of sp³-hybridized carbons (Fsp3) is 0.455. The summed E-state index contributed by atoms with van der Waals surface area (Å²) < 4.78 is 1.53. The lowest BCUT2D eigenvalue weighted by Gasteiger charge is -2.52. The van der Waals surface area contributed by atoms with Gasteiger partial charge >= 0.3 is 0 Å². The molecule has 80 valence electrons. The van der Waals surface area contributed by atoms with Gasteiger partial charge < -0.3 is 0 Å². The molecular formula is C11H12Si6. The molecule has 0 spiro atoms. The van der Waals surface area contributed by atoms with Crippen molar-refractivity contribution in [2.24, 2.45) is 0 Å². The van der Waals surface area contributed by atoms with Crippen molar-refractivity contribution in [2.45, 2.75) is 28.3 Å². The van der Waals surface area contributed by atoms with Crippen molar-refractivity contribution in [3.63, 3.8) is 0 Å². The van der Waals surface area contributed by atoms with E-state index < -0.39 is 0 Å². The minimum Gasteiger partial charge on any atom is -0.0654 e. The van der Waals surface area contributed by atoms with Gasteiger partial charge in [-0.3, -0.25) is 0 Å². The standard InChI is InChI=1S/C11H12Si6/c1-2-8-10-12-15-11(16-13-10,17-14-10)9-6-4-3-5-7-9/h3-7H,2,8H2,1H3. The van der Waals surface area contributed by atoms with E-state index in [1.54, 1.807) is 5.56 Å². The molecule has 0 N–H and O–H groups in total. The van der Waals surface area contributed by atoms with Crippen LogP contribution in [0.2, 0.25) is 4.28 Å². The normalized spacial score (nSPS) is 36.1. The third-order valence-corrected chi connectivity index (χ3v) is 29.5. The molecule has 3 heterocycles. The average Bonchev–Trinajstić information content (AvgIpc) is 2.42. The third kappa shape index (κ3) is 2.23. The highest BCUT2D eigenvalue weighted by Crippen LogP contribution is 2.40. The fourth-order valence-corrected chi connectivity index (χ4v) is 33.3. The van der Waals surface area contributed by atoms with Gasteiger partial charge in [0.15, 0.2) is 0 Å². The Morgan fingerprint density at radius 2 is 1.47 bits per heavy atom. The second-order valence-electron chi connectivity index (χ2n) is 4.52. The molecule has 4 rings (SSSR count). The van der Waals surface area contributed by atoms with Crippen molar-refractivity contribution >= 4 is 54.2 Å². The van der Waals surface area contributed by atoms with Crippen LogP contribution in [0.25, 0.3) is 0 Å². The van der Waals surface area contributed by atoms with E-state index in [1.165, 1.54) is 67.1 Å². The molecule has 3 aliphatic rings. The summed E-state index contributed by atoms with van der Waals surface area (Å²) in [5, 5.41) is 0. The summed E-state index contributed by atoms with van der Waals surface area (Å²) >= 11 is 0. The lowest BCUT2D eigenvalue weighted by atomic mass is 10.2. The van der Waals surface area contributed by atoms with Crippen LogP contribution in [0.15, 0.2) is 30.3 Å². The maximum absolute atomic E-state index is 2.39. The van der Waals surface area contributed by atoms with Crippen molar-refractivity contribution in [3.8, 4) is 0 Å². The van der Waals surface area contributed by atoms with Gasteiger partial charge in [-0.1, -0.05) is 59.9 Å². The van der Waals surface area contributed by atoms with Gasteiger partial charge in [0, 0.05) is 54.2 Å². The van der Waals surface area contributed by atoms with Crippen molar-refractivity contribution in [1.82, 2.24) is 0 Å². The SMILES string of the molecule is CCCC12[Si][Si]C(c3ccccc3)([Si][Si]1)[Si][Si]2. The maximum atomic E-state index is 2.39. The van der Waals surface area contributed by atoms with Gasteiger partial charge in [0.1, 0.15) is 0 Å². The van der Waals surface area contributed by atoms with Crippen LogP contribution < -0.4 is 0 Å². The first-order valence-electron chi connectivity index (χ1n) is 5.97. The minimum atomic E-state index is 0.673. The highest BCUT2D eigenvalue weighted by atomic mass is 29.3. The second-order valence-corrected chi connectivity index (χ2v) is 18.3. The molecule has 3 fully saturated rings. The Hall–Kier alpha value is 0.521. The summed E-state index contributed by atoms with van der Waals surface area (Å²) in [6.45, 7) is 2.37. The molecule has 0 atom stereocenters. The van der Waals surface area contributed by atoms with E-state index in [1.807, 2.05) is 0 Å². The highest BCUT2D eigenvalue weighted by Gasteiger charge is 2.50. The largest absolute Gasteiger partial charge is 0.0654 e. The van der Waals surface area contributed by atoms with Gasteiger partial charge in [0.05, 0.1) is 0 Å². The van der Waals surface area contributed by atoms with Crippen LogP contribution in [0.4, 0.5) is 0 Å². The third-order valence-electron chi connectivity index (χ3n) is 3.22. The van der Waals surface area contributed by atoms with Crippen LogP contribution >= 0.6 is 0 Å². The van der Waals surface area contributed by atoms with Gasteiger partial charge in [-0.15, -0.1) is 0 Å². The van der Waals surface area contributed by atoms with Crippen molar-refractivity contribution in [2.75, 3.05) is 0 Å². The fourth-order valence-electron chi connectivity index (χ4n) is 2.26. The zero-order valence-electron chi connectivity index (χ0n) is 9.80. The predicted molar refractivity (Wildman–Crippen MR) is 80.2 cm³/mol. The summed E-state index contributed by atoms with van der Waals surface area (Å²) in [5.74, 6) is 0. The van der Waals surface area contributed by atoms with Crippen molar-refractivity contribution < 1.29 is 0 Å². The second kappa shape index (κ2) is 4.89. The highest BCUT2D eigenvalue weighted by molar-refractivity contribution is 7.42. The van der Waals surface area contributed by atoms with Gasteiger partial charge in [0.25, 0.3) is 0 Å². The topological polar surface area (TPSA) is 0 Å². The molecule has 1 aromatic carbocycles. The molecule has 1 aromatic rings. The van der Waals surface area contributed by atoms with Crippen molar-refractivity contribution in [3.05, 3.63) is 35.9 Å². The predicted octanol–water partition coefficient (Wildman–Crippen LogP) is 0.668. The Kier molecular flexibility index (Phi) is 3.61. The van der Waals surface area contributed by atoms with Gasteiger partial charge in [0.2, 0.25) is 0 Å². The maximum Gasteiger partial charge on any atom is 0.0271 e. The van der Waals surface area contributed by atoms with Gasteiger partial charge in [-0.25, -0.2) is 0 Å². The Balaban J connectivity index is 1.82. The lowest BCUT2D eigenvalue weighted by molar-refractivity contribution is 0.800. The summed E-state index contributed by atoms with van der Waals surface area (Å²) in [5.41, 5.74) is 1.67. The Bertz CT molecular complexity index is 368. The first-order valence-corrected chi connectivity index (χ1v) is 15.0. The number of hydrogen-bond acceptors (Lipinski definition) is 0. The molecule has 0 amide bonds. The quantitative estimate of drug-likeness (QED) is 0.720. The van der Waals surface area contributed by atoms with Gasteiger partial charge in [-0.05, 0) is 4.28 Å². The number of rotatable bonds is 3. The van der Waals surface area contributed by atoms with Crippen LogP contribution in [0.1, 0.15) is 25.3 Å². The molecule has 0 aromatic heterocycles. The first kappa shape index (κ1) is 12.5. The summed E-state index contributed by atoms with van der Waals surface area (Å²) in [4.78, 5) is 0. The molecule has 0 saturated carbocycles. The van der Waals surface area contributed by atoms with E-state index in [2.05, 4.69) is 37.3 Å². The molecule has 3 aliphatic heterocycles. The molecule has 0 nitrogen and oxygen atoms in total. The minimum absolute atomic E-state index is 0.673. The van der Waals surface area contributed by atoms with Crippen LogP contribution in [-0.4, -0.2) is 54.2 Å². The number of fused-ring (bicyclic) bond motifs is 3. The smallest absolute Gasteiger partial charge is 0.0271 e. The van der Waals surface area contributed by atoms with Crippen LogP contribution in [0.3, 0.4) is 0 Å². The Morgan fingerprint density at radius 3 is 2.00 bits per heavy atom. The summed E-state index contributed by atoms with van der Waals surface area (Å²) in [6, 6.07) is 11.4. The summed E-state index contributed by atoms with van der Waals surface area (Å²) in [6.07, 6.45) is 2.94. The van der Waals surface area contributed by atoms with E-state index in [0.29, 0.717) is 4.28 Å². The average molecular weight is 313 g/mol. The molecular weight excluding hydrogens is 301 g/mol. The van der Waals surface area contributed by atoms with Crippen LogP contribution in [-0.2, 0) is 4.28 Å². The van der Waals surface area contributed by atoms with E-state index in [9.17, 15) is 0 Å². The van der Waals surface area contributed by atoms with E-state index in [4.69, 9.17) is 0 Å². The van der Waals surface area contributed by atoms with Gasteiger partial charge in [-0.2, -0.15) is 0 Å². The Morgan fingerprint density at radius 1 is 0.882 bits per heavy atom. The zero-order valence-corrected chi connectivity index (χ0v) is 15.8. The van der Waals surface area contributed by atoms with Crippen molar-refractivity contribution in [1.29, 1.82) is 0 Å². The van der Waals surface area contributed by atoms with E-state index in [0.717, 1.165) is 4.28 Å². The molecule has 3 saturated heterocycles. The van der Waals surface area contributed by atoms with E-state index in [-0.39, 0.29) is 0 Å². The molecule has 12 radical (unpaired) electrons. The van der Waals surface area contributed by atoms with E-state index >= 15 is 0 Å². The van der Waals surface area contributed by atoms with Crippen LogP contribution in [0, 0.1) is 0 Å². The lowest BCUT2D eigenvalue weighted by Crippen LogP contribution is -2.68. The monoisotopic (exact) mass is 312 g/mol. The Labute approximate surface area is 118 Å².